The Balaban J connectivity index is 0. The van der Waals surface area contributed by atoms with Crippen LogP contribution in [-0.4, -0.2) is 6.61 Å². The zero-order valence-corrected chi connectivity index (χ0v) is 9.92. The van der Waals surface area contributed by atoms with Gasteiger partial charge in [-0.25, -0.2) is 0 Å². The van der Waals surface area contributed by atoms with Gasteiger partial charge in [-0.05, 0) is 18.6 Å². The van der Waals surface area contributed by atoms with E-state index in [2.05, 4.69) is 6.92 Å². The second kappa shape index (κ2) is 7.66. The molecule has 12 heavy (non-hydrogen) atoms. The van der Waals surface area contributed by atoms with Gasteiger partial charge >= 0.3 is 29.6 Å². The third-order valence-electron chi connectivity index (χ3n) is 1.51. The van der Waals surface area contributed by atoms with Gasteiger partial charge in [-0.1, -0.05) is 31.5 Å². The van der Waals surface area contributed by atoms with Crippen LogP contribution in [0.25, 0.3) is 0 Å². The average Bonchev–Trinajstić information content (AvgIpc) is 2.07. The predicted molar refractivity (Wildman–Crippen MR) is 48.0 cm³/mol. The van der Waals surface area contributed by atoms with Crippen molar-refractivity contribution in [1.82, 2.24) is 0 Å². The first-order valence-corrected chi connectivity index (χ1v) is 4.11. The van der Waals surface area contributed by atoms with Gasteiger partial charge in [0.25, 0.3) is 0 Å². The molecule has 0 fully saturated rings. The van der Waals surface area contributed by atoms with Crippen LogP contribution in [-0.2, 0) is 0 Å². The number of ether oxygens (including phenoxy) is 1. The van der Waals surface area contributed by atoms with Gasteiger partial charge in [0, 0.05) is 0 Å². The molecule has 0 amide bonds. The molecule has 1 aromatic rings. The van der Waals surface area contributed by atoms with E-state index >= 15 is 0 Å². The summed E-state index contributed by atoms with van der Waals surface area (Å²) in [5.74, 6) is 0.973. The van der Waals surface area contributed by atoms with Crippen molar-refractivity contribution in [1.29, 1.82) is 0 Å². The molecule has 0 radical (unpaired) electrons. The Morgan fingerprint density at radius 1 is 1.25 bits per heavy atom. The quantitative estimate of drug-likeness (QED) is 0.460. The van der Waals surface area contributed by atoms with Crippen LogP contribution in [0, 0.1) is 0 Å². The molecule has 0 atom stereocenters. The fourth-order valence-electron chi connectivity index (χ4n) is 0.851. The summed E-state index contributed by atoms with van der Waals surface area (Å²) >= 11 is 0. The van der Waals surface area contributed by atoms with E-state index in [9.17, 15) is 0 Å². The molecule has 0 aliphatic heterocycles. The van der Waals surface area contributed by atoms with E-state index in [1.807, 2.05) is 30.3 Å². The first-order chi connectivity index (χ1) is 5.43. The van der Waals surface area contributed by atoms with Crippen LogP contribution in [0.15, 0.2) is 30.3 Å². The van der Waals surface area contributed by atoms with Gasteiger partial charge in [-0.15, -0.1) is 0 Å². The van der Waals surface area contributed by atoms with Gasteiger partial charge in [0.1, 0.15) is 5.75 Å². The zero-order valence-electron chi connectivity index (χ0n) is 8.92. The van der Waals surface area contributed by atoms with Crippen molar-refractivity contribution in [3.05, 3.63) is 30.3 Å². The van der Waals surface area contributed by atoms with Gasteiger partial charge in [0.2, 0.25) is 0 Å². The van der Waals surface area contributed by atoms with Crippen molar-refractivity contribution < 1.29 is 35.7 Å². The standard InChI is InChI=1S/C10H14O.Na.H/c1-2-3-9-11-10-7-5-4-6-8-10;;/h4-8H,2-3,9H2,1H3;;/q;+1;-1. The maximum absolute atomic E-state index is 5.45. The number of hydrogen-bond acceptors (Lipinski definition) is 1. The smallest absolute Gasteiger partial charge is 1.00 e. The topological polar surface area (TPSA) is 9.23 Å². The van der Waals surface area contributed by atoms with Gasteiger partial charge in [-0.2, -0.15) is 0 Å². The molecular weight excluding hydrogens is 159 g/mol. The maximum atomic E-state index is 5.45. The van der Waals surface area contributed by atoms with E-state index in [0.717, 1.165) is 18.8 Å². The number of unbranched alkanes of at least 4 members (excludes halogenated alkanes) is 1. The molecule has 62 valence electrons. The summed E-state index contributed by atoms with van der Waals surface area (Å²) in [6, 6.07) is 9.93. The molecule has 0 N–H and O–H groups in total. The molecule has 0 bridgehead atoms. The molecule has 0 heterocycles. The SMILES string of the molecule is CCCCOc1ccccc1.[H-].[Na+]. The second-order valence-corrected chi connectivity index (χ2v) is 2.52. The van der Waals surface area contributed by atoms with Crippen LogP contribution in [0.4, 0.5) is 0 Å². The predicted octanol–water partition coefficient (Wildman–Crippen LogP) is -0.0180. The van der Waals surface area contributed by atoms with Crippen molar-refractivity contribution in [2.24, 2.45) is 0 Å². The van der Waals surface area contributed by atoms with Gasteiger partial charge in [0.15, 0.2) is 0 Å². The summed E-state index contributed by atoms with van der Waals surface area (Å²) in [4.78, 5) is 0. The first kappa shape index (κ1) is 12.0. The second-order valence-electron chi connectivity index (χ2n) is 2.52. The zero-order chi connectivity index (χ0) is 7.94. The maximum Gasteiger partial charge on any atom is 1.00 e. The molecule has 0 aliphatic rings. The molecular formula is C10H15NaO. The van der Waals surface area contributed by atoms with E-state index in [0.29, 0.717) is 0 Å². The van der Waals surface area contributed by atoms with Crippen LogP contribution in [0.5, 0.6) is 5.75 Å². The molecule has 1 rings (SSSR count). The van der Waals surface area contributed by atoms with Crippen molar-refractivity contribution in [2.75, 3.05) is 6.61 Å². The molecule has 1 aromatic carbocycles. The monoisotopic (exact) mass is 174 g/mol. The summed E-state index contributed by atoms with van der Waals surface area (Å²) in [6.07, 6.45) is 2.32. The summed E-state index contributed by atoms with van der Waals surface area (Å²) < 4.78 is 5.45. The molecule has 0 unspecified atom stereocenters. The molecule has 0 aliphatic carbocycles. The van der Waals surface area contributed by atoms with Crippen molar-refractivity contribution >= 4 is 0 Å². The Hall–Kier alpha value is 0.0200. The van der Waals surface area contributed by atoms with E-state index in [-0.39, 0.29) is 31.0 Å². The van der Waals surface area contributed by atoms with Crippen molar-refractivity contribution in [2.45, 2.75) is 19.8 Å². The first-order valence-electron chi connectivity index (χ1n) is 4.11. The van der Waals surface area contributed by atoms with E-state index in [1.54, 1.807) is 0 Å². The molecule has 0 saturated heterocycles. The van der Waals surface area contributed by atoms with E-state index < -0.39 is 0 Å². The largest absolute Gasteiger partial charge is 1.00 e. The summed E-state index contributed by atoms with van der Waals surface area (Å²) in [6.45, 7) is 2.99. The Bertz CT molecular complexity index is 191. The Labute approximate surface area is 97.9 Å². The minimum atomic E-state index is 0. The minimum absolute atomic E-state index is 0. The normalized spacial score (nSPS) is 8.75. The van der Waals surface area contributed by atoms with Gasteiger partial charge in [0.05, 0.1) is 6.61 Å². The molecule has 1 nitrogen and oxygen atoms in total. The van der Waals surface area contributed by atoms with Crippen LogP contribution < -0.4 is 34.3 Å². The van der Waals surface area contributed by atoms with Crippen LogP contribution in [0.1, 0.15) is 21.2 Å². The number of rotatable bonds is 4. The molecule has 0 spiro atoms. The van der Waals surface area contributed by atoms with Crippen LogP contribution >= 0.6 is 0 Å². The summed E-state index contributed by atoms with van der Waals surface area (Å²) in [7, 11) is 0. The number of para-hydroxylation sites is 1. The summed E-state index contributed by atoms with van der Waals surface area (Å²) in [5, 5.41) is 0. The Morgan fingerprint density at radius 3 is 2.50 bits per heavy atom. The van der Waals surface area contributed by atoms with Crippen molar-refractivity contribution in [3.63, 3.8) is 0 Å². The van der Waals surface area contributed by atoms with Gasteiger partial charge < -0.3 is 6.16 Å². The van der Waals surface area contributed by atoms with Crippen LogP contribution in [0.2, 0.25) is 0 Å². The molecule has 2 heteroatoms. The van der Waals surface area contributed by atoms with E-state index in [4.69, 9.17) is 4.74 Å². The van der Waals surface area contributed by atoms with Crippen LogP contribution in [0.3, 0.4) is 0 Å². The number of hydrogen-bond donors (Lipinski definition) is 0. The fraction of sp³-hybridized carbons (Fsp3) is 0.400. The third kappa shape index (κ3) is 4.81. The minimum Gasteiger partial charge on any atom is -1.00 e. The van der Waals surface area contributed by atoms with Crippen molar-refractivity contribution in [3.8, 4) is 5.75 Å². The molecule has 0 aromatic heterocycles. The Morgan fingerprint density at radius 2 is 1.92 bits per heavy atom. The average molecular weight is 174 g/mol. The third-order valence-corrected chi connectivity index (χ3v) is 1.51. The fourth-order valence-corrected chi connectivity index (χ4v) is 0.851. The van der Waals surface area contributed by atoms with E-state index in [1.165, 1.54) is 6.42 Å². The summed E-state index contributed by atoms with van der Waals surface area (Å²) in [5.41, 5.74) is 0. The Kier molecular flexibility index (Phi) is 7.67. The number of benzene rings is 1. The van der Waals surface area contributed by atoms with Gasteiger partial charge in [-0.3, -0.25) is 0 Å². The molecule has 0 saturated carbocycles.